The van der Waals surface area contributed by atoms with Gasteiger partial charge in [0.15, 0.2) is 0 Å². The smallest absolute Gasteiger partial charge is 0.337 e. The van der Waals surface area contributed by atoms with Gasteiger partial charge in [0.25, 0.3) is 5.56 Å². The van der Waals surface area contributed by atoms with Crippen LogP contribution in [0.25, 0.3) is 15.9 Å². The molecule has 0 atom stereocenters. The molecule has 1 aliphatic rings. The first-order valence-corrected chi connectivity index (χ1v) is 12.0. The molecular weight excluding hydrogens is 473 g/mol. The summed E-state index contributed by atoms with van der Waals surface area (Å²) < 4.78 is 7.48. The van der Waals surface area contributed by atoms with E-state index < -0.39 is 5.69 Å². The van der Waals surface area contributed by atoms with Crippen LogP contribution in [0.4, 0.5) is 0 Å². The number of methoxy groups -OCH3 is 1. The topological polar surface area (TPSA) is 82.3 Å². The first-order valence-electron chi connectivity index (χ1n) is 10.4. The average Bonchev–Trinajstić information content (AvgIpc) is 3.16. The Morgan fingerprint density at radius 1 is 1.19 bits per heavy atom. The number of thiophene rings is 1. The molecule has 3 aromatic rings. The lowest BCUT2D eigenvalue weighted by molar-refractivity contribution is -0.121. The van der Waals surface area contributed by atoms with Gasteiger partial charge in [-0.1, -0.05) is 23.2 Å². The van der Waals surface area contributed by atoms with Crippen molar-refractivity contribution in [1.29, 1.82) is 0 Å². The van der Waals surface area contributed by atoms with E-state index in [0.717, 1.165) is 40.7 Å². The zero-order valence-electron chi connectivity index (χ0n) is 17.6. The quantitative estimate of drug-likeness (QED) is 0.508. The Morgan fingerprint density at radius 3 is 2.72 bits per heavy atom. The van der Waals surface area contributed by atoms with Crippen LogP contribution >= 0.6 is 34.5 Å². The van der Waals surface area contributed by atoms with E-state index in [0.29, 0.717) is 40.5 Å². The molecule has 0 radical (unpaired) electrons. The summed E-state index contributed by atoms with van der Waals surface area (Å²) in [6, 6.07) is 4.62. The lowest BCUT2D eigenvalue weighted by Crippen LogP contribution is -2.41. The number of ether oxygens (including phenoxy) is 1. The zero-order valence-corrected chi connectivity index (χ0v) is 19.9. The Balaban J connectivity index is 1.87. The molecule has 0 spiro atoms. The molecule has 0 saturated heterocycles. The van der Waals surface area contributed by atoms with Crippen molar-refractivity contribution < 1.29 is 9.53 Å². The van der Waals surface area contributed by atoms with Crippen LogP contribution in [0.15, 0.2) is 27.8 Å². The Kier molecular flexibility index (Phi) is 7.05. The molecule has 0 aliphatic heterocycles. The highest BCUT2D eigenvalue weighted by Gasteiger charge is 2.25. The third kappa shape index (κ3) is 4.37. The van der Waals surface area contributed by atoms with Crippen molar-refractivity contribution in [3.05, 3.63) is 59.5 Å². The van der Waals surface area contributed by atoms with Crippen molar-refractivity contribution in [1.82, 2.24) is 14.5 Å². The van der Waals surface area contributed by atoms with Crippen LogP contribution in [-0.2, 0) is 28.9 Å². The SMILES string of the molecule is COCCCNC(=O)Cn1c(=O)n(-c2ccc(Cl)c(Cl)c2)c(=O)c2c3c(sc21)CCCC3. The molecular formula is C22H23Cl2N3O4S. The molecule has 7 nitrogen and oxygen atoms in total. The third-order valence-electron chi connectivity index (χ3n) is 5.55. The standard InChI is InChI=1S/C22H23Cl2N3O4S/c1-31-10-4-9-25-18(28)12-26-21-19(14-5-2-3-6-17(14)32-21)20(29)27(22(26)30)13-7-8-15(23)16(24)11-13/h7-8,11H,2-6,9-10,12H2,1H3,(H,25,28). The van der Waals surface area contributed by atoms with Gasteiger partial charge >= 0.3 is 5.69 Å². The Morgan fingerprint density at radius 2 is 1.97 bits per heavy atom. The number of hydrogen-bond donors (Lipinski definition) is 1. The average molecular weight is 496 g/mol. The van der Waals surface area contributed by atoms with Crippen LogP contribution in [0.5, 0.6) is 0 Å². The monoisotopic (exact) mass is 495 g/mol. The Bertz CT molecular complexity index is 1300. The number of aromatic nitrogens is 2. The van der Waals surface area contributed by atoms with Gasteiger partial charge in [0.2, 0.25) is 5.91 Å². The second kappa shape index (κ2) is 9.79. The van der Waals surface area contributed by atoms with Crippen LogP contribution in [-0.4, -0.2) is 35.3 Å². The number of rotatable bonds is 7. The molecule has 0 unspecified atom stereocenters. The molecule has 10 heteroatoms. The minimum atomic E-state index is -0.577. The summed E-state index contributed by atoms with van der Waals surface area (Å²) in [5, 5.41) is 3.89. The summed E-state index contributed by atoms with van der Waals surface area (Å²) in [5.74, 6) is -0.296. The number of nitrogens with zero attached hydrogens (tertiary/aromatic N) is 2. The number of aryl methyl sites for hydroxylation is 2. The van der Waals surface area contributed by atoms with E-state index in [4.69, 9.17) is 27.9 Å². The predicted molar refractivity (Wildman–Crippen MR) is 128 cm³/mol. The number of benzene rings is 1. The van der Waals surface area contributed by atoms with E-state index in [1.54, 1.807) is 19.2 Å². The summed E-state index contributed by atoms with van der Waals surface area (Å²) in [4.78, 5) is 41.3. The van der Waals surface area contributed by atoms with Gasteiger partial charge in [0.05, 0.1) is 21.1 Å². The lowest BCUT2D eigenvalue weighted by atomic mass is 9.97. The highest BCUT2D eigenvalue weighted by atomic mass is 35.5. The summed E-state index contributed by atoms with van der Waals surface area (Å²) in [6.07, 6.45) is 4.36. The van der Waals surface area contributed by atoms with Crippen LogP contribution in [0.2, 0.25) is 10.0 Å². The maximum Gasteiger partial charge on any atom is 0.337 e. The fourth-order valence-corrected chi connectivity index (χ4v) is 5.67. The largest absolute Gasteiger partial charge is 0.385 e. The predicted octanol–water partition coefficient (Wildman–Crippen LogP) is 3.55. The highest BCUT2D eigenvalue weighted by Crippen LogP contribution is 2.34. The maximum absolute atomic E-state index is 13.5. The van der Waals surface area contributed by atoms with Gasteiger partial charge in [-0.05, 0) is 55.9 Å². The summed E-state index contributed by atoms with van der Waals surface area (Å²) in [7, 11) is 1.60. The molecule has 170 valence electrons. The van der Waals surface area contributed by atoms with Gasteiger partial charge in [-0.3, -0.25) is 14.2 Å². The van der Waals surface area contributed by atoms with E-state index in [1.807, 2.05) is 0 Å². The summed E-state index contributed by atoms with van der Waals surface area (Å²) >= 11 is 13.6. The van der Waals surface area contributed by atoms with E-state index in [2.05, 4.69) is 5.32 Å². The first kappa shape index (κ1) is 23.0. The molecule has 1 N–H and O–H groups in total. The van der Waals surface area contributed by atoms with Crippen LogP contribution in [0, 0.1) is 0 Å². The molecule has 4 rings (SSSR count). The molecule has 32 heavy (non-hydrogen) atoms. The minimum Gasteiger partial charge on any atom is -0.385 e. The number of fused-ring (bicyclic) bond motifs is 3. The molecule has 0 bridgehead atoms. The van der Waals surface area contributed by atoms with Gasteiger partial charge in [0.1, 0.15) is 11.4 Å². The molecule has 0 saturated carbocycles. The fourth-order valence-electron chi connectivity index (χ4n) is 4.00. The van der Waals surface area contributed by atoms with Crippen molar-refractivity contribution in [2.45, 2.75) is 38.6 Å². The van der Waals surface area contributed by atoms with Crippen molar-refractivity contribution in [3.63, 3.8) is 0 Å². The molecule has 2 heterocycles. The maximum atomic E-state index is 13.5. The van der Waals surface area contributed by atoms with Crippen LogP contribution in [0.1, 0.15) is 29.7 Å². The van der Waals surface area contributed by atoms with E-state index in [-0.39, 0.29) is 23.0 Å². The van der Waals surface area contributed by atoms with E-state index >= 15 is 0 Å². The fraction of sp³-hybridized carbons (Fsp3) is 0.409. The molecule has 0 fully saturated rings. The normalized spacial score (nSPS) is 13.3. The first-order chi connectivity index (χ1) is 15.4. The minimum absolute atomic E-state index is 0.177. The Hall–Kier alpha value is -2.13. The second-order valence-electron chi connectivity index (χ2n) is 7.70. The highest BCUT2D eigenvalue weighted by molar-refractivity contribution is 7.18. The van der Waals surface area contributed by atoms with Gasteiger partial charge in [-0.2, -0.15) is 0 Å². The van der Waals surface area contributed by atoms with Crippen molar-refractivity contribution >= 4 is 50.7 Å². The third-order valence-corrected chi connectivity index (χ3v) is 7.60. The van der Waals surface area contributed by atoms with Gasteiger partial charge < -0.3 is 10.1 Å². The number of nitrogens with one attached hydrogen (secondary N) is 1. The number of amides is 1. The van der Waals surface area contributed by atoms with Gasteiger partial charge in [-0.15, -0.1) is 11.3 Å². The van der Waals surface area contributed by atoms with Crippen LogP contribution < -0.4 is 16.6 Å². The zero-order chi connectivity index (χ0) is 22.8. The Labute approximate surface area is 198 Å². The molecule has 1 amide bonds. The van der Waals surface area contributed by atoms with Crippen molar-refractivity contribution in [2.75, 3.05) is 20.3 Å². The molecule has 1 aromatic carbocycles. The van der Waals surface area contributed by atoms with Crippen molar-refractivity contribution in [3.8, 4) is 5.69 Å². The van der Waals surface area contributed by atoms with E-state index in [1.165, 1.54) is 22.0 Å². The number of carbonyl (C=O) groups excluding carboxylic acids is 1. The van der Waals surface area contributed by atoms with Gasteiger partial charge in [0, 0.05) is 25.1 Å². The number of hydrogen-bond acceptors (Lipinski definition) is 5. The van der Waals surface area contributed by atoms with Crippen LogP contribution in [0.3, 0.4) is 0 Å². The lowest BCUT2D eigenvalue weighted by Gasteiger charge is -2.14. The van der Waals surface area contributed by atoms with Crippen molar-refractivity contribution in [2.24, 2.45) is 0 Å². The molecule has 2 aromatic heterocycles. The second-order valence-corrected chi connectivity index (χ2v) is 9.59. The van der Waals surface area contributed by atoms with E-state index in [9.17, 15) is 14.4 Å². The molecule has 1 aliphatic carbocycles. The van der Waals surface area contributed by atoms with Gasteiger partial charge in [-0.25, -0.2) is 9.36 Å². The number of carbonyl (C=O) groups is 1. The number of halogens is 2. The summed E-state index contributed by atoms with van der Waals surface area (Å²) in [5.41, 5.74) is 0.344. The summed E-state index contributed by atoms with van der Waals surface area (Å²) in [6.45, 7) is 0.797.